The minimum absolute atomic E-state index is 0.0762. The number of imide groups is 1. The van der Waals surface area contributed by atoms with Crippen LogP contribution in [-0.4, -0.2) is 59.6 Å². The molecule has 0 radical (unpaired) electrons. The summed E-state index contributed by atoms with van der Waals surface area (Å²) < 4.78 is 0. The number of rotatable bonds is 6. The van der Waals surface area contributed by atoms with Crippen molar-refractivity contribution in [2.24, 2.45) is 5.92 Å². The number of carbonyl (C=O) groups is 3. The van der Waals surface area contributed by atoms with Crippen molar-refractivity contribution in [3.05, 3.63) is 39.8 Å². The molecule has 0 saturated carbocycles. The van der Waals surface area contributed by atoms with Crippen molar-refractivity contribution in [1.82, 2.24) is 15.1 Å². The van der Waals surface area contributed by atoms with Crippen molar-refractivity contribution in [3.8, 4) is 0 Å². The van der Waals surface area contributed by atoms with Gasteiger partial charge in [-0.15, -0.1) is 0 Å². The van der Waals surface area contributed by atoms with E-state index in [1.807, 2.05) is 6.07 Å². The summed E-state index contributed by atoms with van der Waals surface area (Å²) in [6.45, 7) is 4.84. The SMILES string of the molecule is C[C@@H]1CCCN(CC(=O)NCCN2C(=O)S/C(=C\c3ccccc3Cl)C2=O)C1. The first-order chi connectivity index (χ1) is 13.4. The molecule has 28 heavy (non-hydrogen) atoms. The fourth-order valence-electron chi connectivity index (χ4n) is 3.42. The molecular formula is C20H24ClN3O3S. The molecule has 8 heteroatoms. The molecule has 3 rings (SSSR count). The van der Waals surface area contributed by atoms with E-state index in [-0.39, 0.29) is 30.1 Å². The Kier molecular flexibility index (Phi) is 7.15. The molecule has 3 amide bonds. The van der Waals surface area contributed by atoms with Crippen molar-refractivity contribution in [1.29, 1.82) is 0 Å². The van der Waals surface area contributed by atoms with Crippen LogP contribution in [-0.2, 0) is 9.59 Å². The van der Waals surface area contributed by atoms with E-state index in [1.165, 1.54) is 6.42 Å². The summed E-state index contributed by atoms with van der Waals surface area (Å²) in [6.07, 6.45) is 3.95. The number of amides is 3. The highest BCUT2D eigenvalue weighted by Crippen LogP contribution is 2.33. The number of nitrogens with zero attached hydrogens (tertiary/aromatic N) is 2. The van der Waals surface area contributed by atoms with Gasteiger partial charge in [-0.1, -0.05) is 36.7 Å². The van der Waals surface area contributed by atoms with Crippen LogP contribution in [0, 0.1) is 5.92 Å². The Morgan fingerprint density at radius 1 is 1.36 bits per heavy atom. The highest BCUT2D eigenvalue weighted by atomic mass is 35.5. The monoisotopic (exact) mass is 421 g/mol. The van der Waals surface area contributed by atoms with Crippen molar-refractivity contribution in [3.63, 3.8) is 0 Å². The Morgan fingerprint density at radius 3 is 2.89 bits per heavy atom. The van der Waals surface area contributed by atoms with Crippen LogP contribution >= 0.6 is 23.4 Å². The minimum Gasteiger partial charge on any atom is -0.353 e. The predicted octanol–water partition coefficient (Wildman–Crippen LogP) is 3.22. The molecule has 1 N–H and O–H groups in total. The lowest BCUT2D eigenvalue weighted by Gasteiger charge is -2.30. The van der Waals surface area contributed by atoms with Crippen molar-refractivity contribution in [2.45, 2.75) is 19.8 Å². The van der Waals surface area contributed by atoms with Gasteiger partial charge in [-0.2, -0.15) is 0 Å². The van der Waals surface area contributed by atoms with Gasteiger partial charge in [0.2, 0.25) is 5.91 Å². The maximum Gasteiger partial charge on any atom is 0.293 e. The number of piperidine rings is 1. The van der Waals surface area contributed by atoms with Gasteiger partial charge in [-0.3, -0.25) is 24.2 Å². The van der Waals surface area contributed by atoms with Gasteiger partial charge >= 0.3 is 0 Å². The minimum atomic E-state index is -0.353. The fourth-order valence-corrected chi connectivity index (χ4v) is 4.47. The third kappa shape index (κ3) is 5.37. The Hall–Kier alpha value is -1.83. The predicted molar refractivity (Wildman–Crippen MR) is 112 cm³/mol. The molecule has 150 valence electrons. The molecule has 6 nitrogen and oxygen atoms in total. The molecule has 0 bridgehead atoms. The fraction of sp³-hybridized carbons (Fsp3) is 0.450. The Bertz CT molecular complexity index is 799. The molecule has 1 aromatic carbocycles. The van der Waals surface area contributed by atoms with Crippen LogP contribution in [0.1, 0.15) is 25.3 Å². The zero-order valence-corrected chi connectivity index (χ0v) is 17.4. The lowest BCUT2D eigenvalue weighted by atomic mass is 10.0. The van der Waals surface area contributed by atoms with E-state index >= 15 is 0 Å². The molecule has 0 spiro atoms. The van der Waals surface area contributed by atoms with Gasteiger partial charge in [0, 0.05) is 24.7 Å². The van der Waals surface area contributed by atoms with Gasteiger partial charge in [-0.25, -0.2) is 0 Å². The molecule has 2 aliphatic heterocycles. The summed E-state index contributed by atoms with van der Waals surface area (Å²) in [4.78, 5) is 40.5. The van der Waals surface area contributed by atoms with E-state index in [4.69, 9.17) is 11.6 Å². The number of likely N-dealkylation sites (tertiary alicyclic amines) is 1. The van der Waals surface area contributed by atoms with Gasteiger partial charge in [-0.05, 0) is 54.8 Å². The van der Waals surface area contributed by atoms with E-state index in [2.05, 4.69) is 17.1 Å². The number of hydrogen-bond acceptors (Lipinski definition) is 5. The Balaban J connectivity index is 1.49. The molecule has 2 aliphatic rings. The smallest absolute Gasteiger partial charge is 0.293 e. The second-order valence-electron chi connectivity index (χ2n) is 7.19. The van der Waals surface area contributed by atoms with Crippen molar-refractivity contribution in [2.75, 3.05) is 32.7 Å². The van der Waals surface area contributed by atoms with Crippen LogP contribution in [0.15, 0.2) is 29.2 Å². The largest absolute Gasteiger partial charge is 0.353 e. The quantitative estimate of drug-likeness (QED) is 0.714. The molecule has 1 atom stereocenters. The summed E-state index contributed by atoms with van der Waals surface area (Å²) in [7, 11) is 0. The standard InChI is InChI=1S/C20H24ClN3O3S/c1-14-5-4-9-23(12-14)13-18(25)22-8-10-24-19(26)17(28-20(24)27)11-15-6-2-3-7-16(15)21/h2-3,6-7,11,14H,4-5,8-10,12-13H2,1H3,(H,22,25)/b17-11-/t14-/m1/s1. The molecule has 0 unspecified atom stereocenters. The van der Waals surface area contributed by atoms with Gasteiger partial charge in [0.05, 0.1) is 11.4 Å². The highest BCUT2D eigenvalue weighted by Gasteiger charge is 2.34. The maximum atomic E-state index is 12.5. The molecule has 1 aromatic rings. The van der Waals surface area contributed by atoms with Crippen LogP contribution in [0.5, 0.6) is 0 Å². The molecule has 0 aliphatic carbocycles. The summed E-state index contributed by atoms with van der Waals surface area (Å²) in [5.41, 5.74) is 0.693. The number of hydrogen-bond donors (Lipinski definition) is 1. The molecule has 2 saturated heterocycles. The lowest BCUT2D eigenvalue weighted by molar-refractivity contribution is -0.125. The first-order valence-corrected chi connectivity index (χ1v) is 10.6. The first kappa shape index (κ1) is 20.9. The second-order valence-corrected chi connectivity index (χ2v) is 8.59. The van der Waals surface area contributed by atoms with Crippen LogP contribution in [0.25, 0.3) is 6.08 Å². The van der Waals surface area contributed by atoms with Gasteiger partial charge in [0.15, 0.2) is 0 Å². The Morgan fingerprint density at radius 2 is 2.14 bits per heavy atom. The normalized spacial score (nSPS) is 22.1. The van der Waals surface area contributed by atoms with Crippen LogP contribution < -0.4 is 5.32 Å². The van der Waals surface area contributed by atoms with E-state index < -0.39 is 0 Å². The molecule has 2 fully saturated rings. The number of nitrogens with one attached hydrogen (secondary N) is 1. The Labute approximate surface area is 174 Å². The van der Waals surface area contributed by atoms with Gasteiger partial charge in [0.1, 0.15) is 0 Å². The average Bonchev–Trinajstić information content (AvgIpc) is 2.91. The summed E-state index contributed by atoms with van der Waals surface area (Å²) in [5.74, 6) is 0.184. The average molecular weight is 422 g/mol. The summed E-state index contributed by atoms with van der Waals surface area (Å²) >= 11 is 7.01. The number of carbonyl (C=O) groups excluding carboxylic acids is 3. The van der Waals surface area contributed by atoms with Gasteiger partial charge < -0.3 is 5.32 Å². The topological polar surface area (TPSA) is 69.7 Å². The van der Waals surface area contributed by atoms with Crippen LogP contribution in [0.3, 0.4) is 0 Å². The number of halogens is 1. The van der Waals surface area contributed by atoms with Gasteiger partial charge in [0.25, 0.3) is 11.1 Å². The van der Waals surface area contributed by atoms with Crippen molar-refractivity contribution >= 4 is 46.5 Å². The third-order valence-corrected chi connectivity index (χ3v) is 6.08. The van der Waals surface area contributed by atoms with E-state index in [0.717, 1.165) is 36.2 Å². The van der Waals surface area contributed by atoms with E-state index in [1.54, 1.807) is 24.3 Å². The molecular weight excluding hydrogens is 398 g/mol. The van der Waals surface area contributed by atoms with Crippen molar-refractivity contribution < 1.29 is 14.4 Å². The van der Waals surface area contributed by atoms with E-state index in [9.17, 15) is 14.4 Å². The third-order valence-electron chi connectivity index (χ3n) is 4.83. The first-order valence-electron chi connectivity index (χ1n) is 9.43. The molecule has 0 aromatic heterocycles. The zero-order chi connectivity index (χ0) is 20.1. The number of thioether (sulfide) groups is 1. The molecule has 2 heterocycles. The highest BCUT2D eigenvalue weighted by molar-refractivity contribution is 8.18. The van der Waals surface area contributed by atoms with E-state index in [0.29, 0.717) is 28.0 Å². The zero-order valence-electron chi connectivity index (χ0n) is 15.8. The second kappa shape index (κ2) is 9.58. The summed E-state index contributed by atoms with van der Waals surface area (Å²) in [6, 6.07) is 7.15. The van der Waals surface area contributed by atoms with Crippen LogP contribution in [0.2, 0.25) is 5.02 Å². The summed E-state index contributed by atoms with van der Waals surface area (Å²) in [5, 5.41) is 3.00. The van der Waals surface area contributed by atoms with Crippen LogP contribution in [0.4, 0.5) is 4.79 Å². The lowest BCUT2D eigenvalue weighted by Crippen LogP contribution is -2.44. The number of benzene rings is 1. The maximum absolute atomic E-state index is 12.5.